The number of nitrogens with one attached hydrogen (secondary N) is 2. The van der Waals surface area contributed by atoms with Gasteiger partial charge in [-0.05, 0) is 18.2 Å². The van der Waals surface area contributed by atoms with Crippen LogP contribution in [0.3, 0.4) is 0 Å². The van der Waals surface area contributed by atoms with Crippen LogP contribution in [0.1, 0.15) is 12.6 Å². The van der Waals surface area contributed by atoms with Gasteiger partial charge in [-0.15, -0.1) is 0 Å². The summed E-state index contributed by atoms with van der Waals surface area (Å²) in [5.74, 6) is -0.202. The van der Waals surface area contributed by atoms with Gasteiger partial charge in [0.1, 0.15) is 5.69 Å². The van der Waals surface area contributed by atoms with Crippen LogP contribution in [-0.4, -0.2) is 32.8 Å². The van der Waals surface area contributed by atoms with Crippen molar-refractivity contribution in [3.63, 3.8) is 0 Å². The summed E-state index contributed by atoms with van der Waals surface area (Å²) >= 11 is 11.5. The van der Waals surface area contributed by atoms with Crippen molar-refractivity contribution in [1.29, 1.82) is 0 Å². The molecule has 25 heavy (non-hydrogen) atoms. The molecule has 2 aromatic rings. The number of benzene rings is 1. The molecule has 0 aliphatic heterocycles. The second-order valence-electron chi connectivity index (χ2n) is 4.88. The van der Waals surface area contributed by atoms with Crippen LogP contribution in [0, 0.1) is 0 Å². The standard InChI is InChI=1S/C13H13Cl2N3O5S2/c1-2-24(20,21)13-6-12(19)11(17-18-13)7-16-25(22,23)10-4-8(14)3-9(15)5-10/h3-6,16H,2,7H2,1H3,(H,18,19). The topological polar surface area (TPSA) is 126 Å². The molecule has 0 spiro atoms. The highest BCUT2D eigenvalue weighted by molar-refractivity contribution is 7.91. The quantitative estimate of drug-likeness (QED) is 0.718. The molecule has 2 rings (SSSR count). The van der Waals surface area contributed by atoms with Crippen molar-refractivity contribution in [2.75, 3.05) is 5.75 Å². The maximum absolute atomic E-state index is 12.2. The molecule has 8 nitrogen and oxygen atoms in total. The number of aromatic nitrogens is 2. The molecule has 0 unspecified atom stereocenters. The fraction of sp³-hybridized carbons (Fsp3) is 0.231. The van der Waals surface area contributed by atoms with Crippen molar-refractivity contribution in [2.45, 2.75) is 23.4 Å². The Morgan fingerprint density at radius 1 is 1.08 bits per heavy atom. The first kappa shape index (κ1) is 19.9. The van der Waals surface area contributed by atoms with E-state index in [0.29, 0.717) is 0 Å². The minimum Gasteiger partial charge on any atom is -0.288 e. The number of sulfone groups is 1. The molecule has 0 aliphatic rings. The lowest BCUT2D eigenvalue weighted by atomic mass is 10.4. The van der Waals surface area contributed by atoms with E-state index >= 15 is 0 Å². The highest BCUT2D eigenvalue weighted by Crippen LogP contribution is 2.22. The first-order valence-electron chi connectivity index (χ1n) is 6.82. The van der Waals surface area contributed by atoms with E-state index in [2.05, 4.69) is 14.9 Å². The van der Waals surface area contributed by atoms with Gasteiger partial charge in [0, 0.05) is 16.1 Å². The van der Waals surface area contributed by atoms with Gasteiger partial charge in [-0.2, -0.15) is 5.10 Å². The molecule has 0 atom stereocenters. The van der Waals surface area contributed by atoms with Crippen LogP contribution < -0.4 is 10.2 Å². The largest absolute Gasteiger partial charge is 0.288 e. The van der Waals surface area contributed by atoms with E-state index in [1.807, 2.05) is 0 Å². The van der Waals surface area contributed by atoms with Crippen LogP contribution in [0.15, 0.2) is 39.0 Å². The molecule has 1 aromatic carbocycles. The predicted molar refractivity (Wildman–Crippen MR) is 93.1 cm³/mol. The molecule has 0 amide bonds. The molecule has 0 saturated carbocycles. The maximum Gasteiger partial charge on any atom is 0.241 e. The first-order valence-corrected chi connectivity index (χ1v) is 10.7. The molecule has 1 aromatic heterocycles. The zero-order valence-corrected chi connectivity index (χ0v) is 15.9. The number of hydrogen-bond acceptors (Lipinski definition) is 6. The third-order valence-corrected chi connectivity index (χ3v) is 6.60. The van der Waals surface area contributed by atoms with Crippen LogP contribution in [0.5, 0.6) is 0 Å². The minimum atomic E-state index is -3.99. The van der Waals surface area contributed by atoms with E-state index in [1.54, 1.807) is 0 Å². The second-order valence-corrected chi connectivity index (χ2v) is 9.76. The zero-order valence-electron chi connectivity index (χ0n) is 12.8. The molecule has 0 bridgehead atoms. The number of nitrogens with zero attached hydrogens (tertiary/aromatic N) is 1. The summed E-state index contributed by atoms with van der Waals surface area (Å²) in [6.45, 7) is 0.986. The van der Waals surface area contributed by atoms with Crippen molar-refractivity contribution in [1.82, 2.24) is 14.9 Å². The van der Waals surface area contributed by atoms with Crippen molar-refractivity contribution >= 4 is 43.1 Å². The van der Waals surface area contributed by atoms with E-state index in [1.165, 1.54) is 25.1 Å². The van der Waals surface area contributed by atoms with Gasteiger partial charge in [-0.3, -0.25) is 9.89 Å². The van der Waals surface area contributed by atoms with Crippen LogP contribution in [0.2, 0.25) is 10.0 Å². The highest BCUT2D eigenvalue weighted by Gasteiger charge is 2.18. The lowest BCUT2D eigenvalue weighted by Crippen LogP contribution is -2.28. The van der Waals surface area contributed by atoms with Gasteiger partial charge in [0.2, 0.25) is 15.5 Å². The normalized spacial score (nSPS) is 12.3. The Bertz CT molecular complexity index is 1050. The van der Waals surface area contributed by atoms with Gasteiger partial charge in [-0.1, -0.05) is 30.1 Å². The smallest absolute Gasteiger partial charge is 0.241 e. The average Bonchev–Trinajstić information content (AvgIpc) is 2.52. The maximum atomic E-state index is 12.2. The lowest BCUT2D eigenvalue weighted by molar-refractivity contribution is 0.577. The summed E-state index contributed by atoms with van der Waals surface area (Å²) in [7, 11) is -7.61. The fourth-order valence-corrected chi connectivity index (χ4v) is 4.28. The SMILES string of the molecule is CCS(=O)(=O)c1cc(=O)c(CNS(=O)(=O)c2cc(Cl)cc(Cl)c2)n[nH]1. The van der Waals surface area contributed by atoms with E-state index < -0.39 is 31.8 Å². The third kappa shape index (κ3) is 4.79. The summed E-state index contributed by atoms with van der Waals surface area (Å²) in [6, 6.07) is 4.64. The van der Waals surface area contributed by atoms with Gasteiger partial charge < -0.3 is 0 Å². The molecule has 2 N–H and O–H groups in total. The Morgan fingerprint density at radius 3 is 2.20 bits per heavy atom. The molecule has 136 valence electrons. The van der Waals surface area contributed by atoms with Crippen LogP contribution in [-0.2, 0) is 26.4 Å². The number of hydrogen-bond donors (Lipinski definition) is 2. The van der Waals surface area contributed by atoms with Gasteiger partial charge in [0.25, 0.3) is 0 Å². The molecule has 0 radical (unpaired) electrons. The number of sulfonamides is 1. The predicted octanol–water partition coefficient (Wildman–Crippen LogP) is 1.35. The minimum absolute atomic E-state index is 0.137. The van der Waals surface area contributed by atoms with Crippen LogP contribution >= 0.6 is 23.2 Å². The summed E-state index contributed by atoms with van der Waals surface area (Å²) < 4.78 is 50.0. The monoisotopic (exact) mass is 425 g/mol. The van der Waals surface area contributed by atoms with Gasteiger partial charge >= 0.3 is 0 Å². The average molecular weight is 426 g/mol. The highest BCUT2D eigenvalue weighted by atomic mass is 35.5. The zero-order chi connectivity index (χ0) is 18.8. The Balaban J connectivity index is 2.25. The number of aromatic amines is 1. The van der Waals surface area contributed by atoms with E-state index in [4.69, 9.17) is 23.2 Å². The Kier molecular flexibility index (Phi) is 5.89. The summed E-state index contributed by atoms with van der Waals surface area (Å²) in [5, 5.41) is 5.83. The number of halogens is 2. The molecular weight excluding hydrogens is 413 g/mol. The Labute approximate surface area is 154 Å². The van der Waals surface area contributed by atoms with Gasteiger partial charge in [0.15, 0.2) is 14.9 Å². The molecule has 0 saturated heterocycles. The molecule has 0 fully saturated rings. The summed E-state index contributed by atoms with van der Waals surface area (Å²) in [6.07, 6.45) is 0. The fourth-order valence-electron chi connectivity index (χ4n) is 1.78. The molecular formula is C13H13Cl2N3O5S2. The number of H-pyrrole nitrogens is 1. The first-order chi connectivity index (χ1) is 11.5. The second kappa shape index (κ2) is 7.42. The van der Waals surface area contributed by atoms with E-state index in [-0.39, 0.29) is 31.4 Å². The lowest BCUT2D eigenvalue weighted by Gasteiger charge is -2.07. The van der Waals surface area contributed by atoms with Crippen molar-refractivity contribution in [3.8, 4) is 0 Å². The van der Waals surface area contributed by atoms with E-state index in [0.717, 1.165) is 6.07 Å². The van der Waals surface area contributed by atoms with E-state index in [9.17, 15) is 21.6 Å². The summed E-state index contributed by atoms with van der Waals surface area (Å²) in [4.78, 5) is 11.8. The molecule has 0 aliphatic carbocycles. The Morgan fingerprint density at radius 2 is 1.68 bits per heavy atom. The third-order valence-electron chi connectivity index (χ3n) is 3.14. The molecule has 1 heterocycles. The van der Waals surface area contributed by atoms with Gasteiger partial charge in [-0.25, -0.2) is 21.6 Å². The van der Waals surface area contributed by atoms with Crippen molar-refractivity contribution in [3.05, 3.63) is 50.2 Å². The summed E-state index contributed by atoms with van der Waals surface area (Å²) in [5.41, 5.74) is -0.899. The van der Waals surface area contributed by atoms with Gasteiger partial charge in [0.05, 0.1) is 17.2 Å². The van der Waals surface area contributed by atoms with Crippen LogP contribution in [0.25, 0.3) is 0 Å². The van der Waals surface area contributed by atoms with Crippen LogP contribution in [0.4, 0.5) is 0 Å². The Hall–Kier alpha value is -1.46. The van der Waals surface area contributed by atoms with Crippen molar-refractivity contribution in [2.24, 2.45) is 0 Å². The van der Waals surface area contributed by atoms with Crippen molar-refractivity contribution < 1.29 is 16.8 Å². The molecule has 12 heteroatoms. The number of rotatable bonds is 6.